The van der Waals surface area contributed by atoms with E-state index in [-0.39, 0.29) is 23.2 Å². The molecule has 0 aliphatic carbocycles. The number of esters is 1. The molecule has 0 aromatic heterocycles. The second kappa shape index (κ2) is 12.6. The van der Waals surface area contributed by atoms with Gasteiger partial charge >= 0.3 is 18.0 Å². The van der Waals surface area contributed by atoms with Gasteiger partial charge in [0.25, 0.3) is 0 Å². The lowest BCUT2D eigenvalue weighted by Gasteiger charge is -2.38. The van der Waals surface area contributed by atoms with Crippen molar-refractivity contribution in [2.45, 2.75) is 64.3 Å². The molecule has 0 saturated carbocycles. The zero-order valence-corrected chi connectivity index (χ0v) is 22.9. The van der Waals surface area contributed by atoms with Crippen molar-refractivity contribution in [1.29, 1.82) is 0 Å². The first-order chi connectivity index (χ1) is 17.2. The highest BCUT2D eigenvalue weighted by molar-refractivity contribution is 9.10. The Balaban J connectivity index is 2.62. The van der Waals surface area contributed by atoms with Crippen LogP contribution in [-0.2, 0) is 27.2 Å². The number of hydrogen-bond acceptors (Lipinski definition) is 6. The van der Waals surface area contributed by atoms with Crippen molar-refractivity contribution in [3.8, 4) is 5.75 Å². The fourth-order valence-corrected chi connectivity index (χ4v) is 3.89. The molecule has 2 unspecified atom stereocenters. The molecular formula is C26H31BrF3NO6. The standard InChI is InChI=1S/C26H31BrF3NO6/c1-6-36-23(33)26(29,30)22(32)20(14-17-8-7-9-19(27)21(17)28)31(24(34)37-25(2,3)4)15-16-10-12-18(35-5)13-11-16/h7-13,20,22,32H,6,14-15H2,1-5H3. The Kier molecular flexibility index (Phi) is 10.4. The van der Waals surface area contributed by atoms with E-state index in [0.717, 1.165) is 4.90 Å². The minimum absolute atomic E-state index is 0.0642. The summed E-state index contributed by atoms with van der Waals surface area (Å²) in [5.74, 6) is -6.61. The van der Waals surface area contributed by atoms with Crippen LogP contribution < -0.4 is 4.74 Å². The molecule has 0 heterocycles. The molecule has 0 aliphatic rings. The quantitative estimate of drug-likeness (QED) is 0.368. The van der Waals surface area contributed by atoms with Crippen LogP contribution in [-0.4, -0.2) is 59.5 Å². The summed E-state index contributed by atoms with van der Waals surface area (Å²) < 4.78 is 60.2. The zero-order valence-electron chi connectivity index (χ0n) is 21.3. The van der Waals surface area contributed by atoms with E-state index in [4.69, 9.17) is 9.47 Å². The number of aliphatic hydroxyl groups is 1. The summed E-state index contributed by atoms with van der Waals surface area (Å²) in [7, 11) is 1.47. The van der Waals surface area contributed by atoms with E-state index in [2.05, 4.69) is 20.7 Å². The smallest absolute Gasteiger partial charge is 0.410 e. The number of methoxy groups -OCH3 is 1. The van der Waals surface area contributed by atoms with Crippen LogP contribution in [0.2, 0.25) is 0 Å². The van der Waals surface area contributed by atoms with Gasteiger partial charge in [-0.2, -0.15) is 8.78 Å². The SMILES string of the molecule is CCOC(=O)C(F)(F)C(O)C(Cc1cccc(Br)c1F)N(Cc1ccc(OC)cc1)C(=O)OC(C)(C)C. The van der Waals surface area contributed by atoms with Gasteiger partial charge in [0, 0.05) is 6.54 Å². The van der Waals surface area contributed by atoms with E-state index in [1.165, 1.54) is 32.2 Å². The summed E-state index contributed by atoms with van der Waals surface area (Å²) in [5.41, 5.74) is -0.602. The maximum absolute atomic E-state index is 15.1. The Morgan fingerprint density at radius 2 is 1.73 bits per heavy atom. The number of amides is 1. The maximum atomic E-state index is 15.1. The molecule has 0 spiro atoms. The van der Waals surface area contributed by atoms with E-state index >= 15 is 8.78 Å². The summed E-state index contributed by atoms with van der Waals surface area (Å²) in [5, 5.41) is 10.9. The summed E-state index contributed by atoms with van der Waals surface area (Å²) in [6.07, 6.45) is -4.35. The Morgan fingerprint density at radius 1 is 1.11 bits per heavy atom. The van der Waals surface area contributed by atoms with Crippen molar-refractivity contribution in [1.82, 2.24) is 4.90 Å². The normalized spacial score (nSPS) is 13.5. The van der Waals surface area contributed by atoms with Gasteiger partial charge in [0.1, 0.15) is 23.3 Å². The molecule has 2 aromatic rings. The molecule has 37 heavy (non-hydrogen) atoms. The summed E-state index contributed by atoms with van der Waals surface area (Å²) in [4.78, 5) is 26.2. The molecule has 0 fully saturated rings. The Labute approximate surface area is 222 Å². The molecule has 2 rings (SSSR count). The molecule has 2 aromatic carbocycles. The number of halogens is 4. The van der Waals surface area contributed by atoms with Crippen molar-refractivity contribution >= 4 is 28.0 Å². The average Bonchev–Trinajstić information content (AvgIpc) is 2.82. The largest absolute Gasteiger partial charge is 0.497 e. The van der Waals surface area contributed by atoms with Crippen molar-refractivity contribution in [3.05, 3.63) is 63.9 Å². The molecule has 0 bridgehead atoms. The molecule has 204 valence electrons. The molecule has 0 aliphatic heterocycles. The highest BCUT2D eigenvalue weighted by Crippen LogP contribution is 2.31. The van der Waals surface area contributed by atoms with Gasteiger partial charge in [-0.3, -0.25) is 4.90 Å². The fourth-order valence-electron chi connectivity index (χ4n) is 3.48. The molecule has 7 nitrogen and oxygen atoms in total. The van der Waals surface area contributed by atoms with Crippen LogP contribution >= 0.6 is 15.9 Å². The lowest BCUT2D eigenvalue weighted by Crippen LogP contribution is -2.57. The average molecular weight is 590 g/mol. The van der Waals surface area contributed by atoms with Gasteiger partial charge in [-0.25, -0.2) is 14.0 Å². The first-order valence-corrected chi connectivity index (χ1v) is 12.3. The van der Waals surface area contributed by atoms with Gasteiger partial charge in [-0.1, -0.05) is 24.3 Å². The molecule has 2 atom stereocenters. The second-order valence-corrected chi connectivity index (χ2v) is 10.1. The van der Waals surface area contributed by atoms with Gasteiger partial charge in [-0.05, 0) is 79.4 Å². The Morgan fingerprint density at radius 3 is 2.27 bits per heavy atom. The van der Waals surface area contributed by atoms with Gasteiger partial charge in [0.05, 0.1) is 24.2 Å². The topological polar surface area (TPSA) is 85.3 Å². The zero-order chi connectivity index (χ0) is 28.0. The molecule has 1 N–H and O–H groups in total. The number of nitrogens with zero attached hydrogens (tertiary/aromatic N) is 1. The highest BCUT2D eigenvalue weighted by atomic mass is 79.9. The van der Waals surface area contributed by atoms with Crippen molar-refractivity contribution in [2.24, 2.45) is 0 Å². The number of hydrogen-bond donors (Lipinski definition) is 1. The highest BCUT2D eigenvalue weighted by Gasteiger charge is 2.54. The molecule has 0 radical (unpaired) electrons. The number of ether oxygens (including phenoxy) is 3. The maximum Gasteiger partial charge on any atom is 0.410 e. The second-order valence-electron chi connectivity index (χ2n) is 9.23. The third-order valence-corrected chi connectivity index (χ3v) is 5.90. The number of rotatable bonds is 10. The van der Waals surface area contributed by atoms with Crippen molar-refractivity contribution in [3.63, 3.8) is 0 Å². The lowest BCUT2D eigenvalue weighted by atomic mass is 9.94. The number of benzene rings is 2. The van der Waals surface area contributed by atoms with Crippen molar-refractivity contribution < 1.29 is 42.1 Å². The molecule has 0 saturated heterocycles. The van der Waals surface area contributed by atoms with E-state index < -0.39 is 48.0 Å². The third kappa shape index (κ3) is 8.10. The van der Waals surface area contributed by atoms with E-state index in [1.54, 1.807) is 45.0 Å². The van der Waals surface area contributed by atoms with Gasteiger partial charge in [0.15, 0.2) is 0 Å². The van der Waals surface area contributed by atoms with Crippen LogP contribution in [0.5, 0.6) is 5.75 Å². The van der Waals surface area contributed by atoms with E-state index in [9.17, 15) is 19.1 Å². The summed E-state index contributed by atoms with van der Waals surface area (Å²) >= 11 is 3.05. The van der Waals surface area contributed by atoms with Crippen LogP contribution in [0.4, 0.5) is 18.0 Å². The number of carbonyl (C=O) groups is 2. The van der Waals surface area contributed by atoms with Gasteiger partial charge in [0.2, 0.25) is 0 Å². The number of alkyl halides is 2. The number of carbonyl (C=O) groups excluding carboxylic acids is 2. The van der Waals surface area contributed by atoms with Crippen LogP contribution in [0, 0.1) is 5.82 Å². The predicted octanol–water partition coefficient (Wildman–Crippen LogP) is 5.50. The summed E-state index contributed by atoms with van der Waals surface area (Å²) in [6, 6.07) is 8.86. The van der Waals surface area contributed by atoms with Crippen molar-refractivity contribution in [2.75, 3.05) is 13.7 Å². The third-order valence-electron chi connectivity index (χ3n) is 5.28. The van der Waals surface area contributed by atoms with Gasteiger partial charge < -0.3 is 19.3 Å². The van der Waals surface area contributed by atoms with Crippen LogP contribution in [0.15, 0.2) is 46.9 Å². The van der Waals surface area contributed by atoms with E-state index in [1.807, 2.05) is 0 Å². The number of aliphatic hydroxyl groups excluding tert-OH is 1. The Hall–Kier alpha value is -2.79. The minimum Gasteiger partial charge on any atom is -0.497 e. The van der Waals surface area contributed by atoms with Gasteiger partial charge in [-0.15, -0.1) is 0 Å². The monoisotopic (exact) mass is 589 g/mol. The molecule has 1 amide bonds. The van der Waals surface area contributed by atoms with Crippen LogP contribution in [0.3, 0.4) is 0 Å². The Bertz CT molecular complexity index is 1070. The van der Waals surface area contributed by atoms with E-state index in [0.29, 0.717) is 11.3 Å². The minimum atomic E-state index is -4.41. The first-order valence-electron chi connectivity index (χ1n) is 11.5. The van der Waals surface area contributed by atoms with Crippen LogP contribution in [0.25, 0.3) is 0 Å². The van der Waals surface area contributed by atoms with Crippen LogP contribution in [0.1, 0.15) is 38.8 Å². The molecule has 11 heteroatoms. The molecular weight excluding hydrogens is 559 g/mol. The fraction of sp³-hybridized carbons (Fsp3) is 0.462. The first kappa shape index (κ1) is 30.4. The lowest BCUT2D eigenvalue weighted by molar-refractivity contribution is -0.195. The predicted molar refractivity (Wildman–Crippen MR) is 134 cm³/mol. The summed E-state index contributed by atoms with van der Waals surface area (Å²) in [6.45, 7) is 5.45.